The lowest BCUT2D eigenvalue weighted by atomic mass is 10.0. The molecule has 1 aliphatic heterocycles. The van der Waals surface area contributed by atoms with Gasteiger partial charge >= 0.3 is 0 Å². The largest absolute Gasteiger partial charge is 0.379 e. The molecule has 1 saturated heterocycles. The predicted octanol–water partition coefficient (Wildman–Crippen LogP) is 2.50. The van der Waals surface area contributed by atoms with Crippen molar-refractivity contribution in [3.8, 4) is 0 Å². The highest BCUT2D eigenvalue weighted by atomic mass is 35.5. The number of morpholine rings is 1. The number of aromatic nitrogens is 2. The first-order valence-corrected chi connectivity index (χ1v) is 9.39. The highest BCUT2D eigenvalue weighted by Crippen LogP contribution is 2.20. The summed E-state index contributed by atoms with van der Waals surface area (Å²) in [7, 11) is 0. The molecule has 1 aliphatic rings. The zero-order valence-electron chi connectivity index (χ0n) is 15.9. The molecular weight excluding hydrogens is 387 g/mol. The van der Waals surface area contributed by atoms with Crippen LogP contribution in [0.3, 0.4) is 0 Å². The van der Waals surface area contributed by atoms with Gasteiger partial charge in [0.05, 0.1) is 18.2 Å². The number of rotatable bonds is 7. The number of hydrogen-bond donors (Lipinski definition) is 3. The first-order valence-electron chi connectivity index (χ1n) is 9.02. The van der Waals surface area contributed by atoms with Crippen LogP contribution in [0.15, 0.2) is 22.8 Å². The van der Waals surface area contributed by atoms with Crippen molar-refractivity contribution in [3.63, 3.8) is 0 Å². The Hall–Kier alpha value is -2.07. The Morgan fingerprint density at radius 3 is 2.79 bits per heavy atom. The van der Waals surface area contributed by atoms with E-state index in [4.69, 9.17) is 26.4 Å². The molecule has 0 aliphatic carbocycles. The van der Waals surface area contributed by atoms with Gasteiger partial charge < -0.3 is 15.4 Å². The van der Waals surface area contributed by atoms with Gasteiger partial charge in [-0.3, -0.25) is 10.3 Å². The van der Waals surface area contributed by atoms with Crippen molar-refractivity contribution in [2.24, 2.45) is 0 Å². The fourth-order valence-corrected chi connectivity index (χ4v) is 3.17. The standard InChI is InChI=1S/C18H24ClFN6O2/c1-18(2,11-26-5-7-27-8-6-26)22-10-15-16(25-28-24-15)17(21)23-12-3-4-14(20)13(19)9-12/h3-4,9,22H,5-8,10-11H2,1-2H3,(H2,21,23). The molecule has 10 heteroatoms. The molecule has 3 N–H and O–H groups in total. The highest BCUT2D eigenvalue weighted by molar-refractivity contribution is 6.31. The maximum absolute atomic E-state index is 13.3. The monoisotopic (exact) mass is 410 g/mol. The van der Waals surface area contributed by atoms with E-state index in [1.807, 2.05) is 0 Å². The van der Waals surface area contributed by atoms with Gasteiger partial charge in [0, 0.05) is 37.4 Å². The molecule has 1 fully saturated rings. The Balaban J connectivity index is 1.59. The second kappa shape index (κ2) is 8.95. The van der Waals surface area contributed by atoms with E-state index in [2.05, 4.69) is 39.7 Å². The molecule has 0 atom stereocenters. The SMILES string of the molecule is CC(C)(CN1CCOCC1)NCc1nonc1C(=N)Nc1ccc(F)c(Cl)c1. The molecule has 2 aromatic rings. The quantitative estimate of drug-likeness (QED) is 0.476. The van der Waals surface area contributed by atoms with Crippen molar-refractivity contribution in [2.45, 2.75) is 25.9 Å². The molecular formula is C18H24ClFN6O2. The zero-order valence-corrected chi connectivity index (χ0v) is 16.6. The number of benzene rings is 1. The number of ether oxygens (including phenoxy) is 1. The van der Waals surface area contributed by atoms with E-state index >= 15 is 0 Å². The number of halogens is 2. The summed E-state index contributed by atoms with van der Waals surface area (Å²) in [5, 5.41) is 22.2. The minimum Gasteiger partial charge on any atom is -0.379 e. The van der Waals surface area contributed by atoms with Gasteiger partial charge in [-0.25, -0.2) is 9.02 Å². The second-order valence-electron chi connectivity index (χ2n) is 7.31. The van der Waals surface area contributed by atoms with Crippen LogP contribution in [-0.4, -0.2) is 59.4 Å². The average Bonchev–Trinajstić information content (AvgIpc) is 3.12. The molecule has 28 heavy (non-hydrogen) atoms. The lowest BCUT2D eigenvalue weighted by Crippen LogP contribution is -2.51. The fourth-order valence-electron chi connectivity index (χ4n) is 2.99. The Kier molecular flexibility index (Phi) is 6.61. The van der Waals surface area contributed by atoms with E-state index in [9.17, 15) is 4.39 Å². The maximum atomic E-state index is 13.3. The molecule has 8 nitrogen and oxygen atoms in total. The van der Waals surface area contributed by atoms with Crippen molar-refractivity contribution in [1.29, 1.82) is 5.41 Å². The lowest BCUT2D eigenvalue weighted by Gasteiger charge is -2.35. The molecule has 0 bridgehead atoms. The van der Waals surface area contributed by atoms with Crippen molar-refractivity contribution < 1.29 is 13.8 Å². The van der Waals surface area contributed by atoms with Crippen molar-refractivity contribution in [1.82, 2.24) is 20.5 Å². The van der Waals surface area contributed by atoms with Crippen LogP contribution < -0.4 is 10.6 Å². The molecule has 0 unspecified atom stereocenters. The molecule has 0 spiro atoms. The summed E-state index contributed by atoms with van der Waals surface area (Å²) in [6.07, 6.45) is 0. The molecule has 0 saturated carbocycles. The second-order valence-corrected chi connectivity index (χ2v) is 7.72. The van der Waals surface area contributed by atoms with Crippen LogP contribution >= 0.6 is 11.6 Å². The van der Waals surface area contributed by atoms with Crippen molar-refractivity contribution in [2.75, 3.05) is 38.2 Å². The van der Waals surface area contributed by atoms with E-state index < -0.39 is 5.82 Å². The Bertz CT molecular complexity index is 822. The van der Waals surface area contributed by atoms with Crippen LogP contribution in [0.2, 0.25) is 5.02 Å². The third-order valence-electron chi connectivity index (χ3n) is 4.44. The summed E-state index contributed by atoms with van der Waals surface area (Å²) < 4.78 is 23.5. The average molecular weight is 411 g/mol. The highest BCUT2D eigenvalue weighted by Gasteiger charge is 2.24. The van der Waals surface area contributed by atoms with E-state index in [0.717, 1.165) is 32.8 Å². The number of nitrogens with zero attached hydrogens (tertiary/aromatic N) is 3. The summed E-state index contributed by atoms with van der Waals surface area (Å²) in [6.45, 7) is 8.81. The molecule has 0 amide bonds. The number of hydrogen-bond acceptors (Lipinski definition) is 7. The van der Waals surface area contributed by atoms with Gasteiger partial charge in [0.1, 0.15) is 11.5 Å². The topological polar surface area (TPSA) is 99.3 Å². The van der Waals surface area contributed by atoms with E-state index in [-0.39, 0.29) is 22.1 Å². The van der Waals surface area contributed by atoms with Gasteiger partial charge in [-0.2, -0.15) is 0 Å². The van der Waals surface area contributed by atoms with Crippen molar-refractivity contribution >= 4 is 23.1 Å². The van der Waals surface area contributed by atoms with Crippen molar-refractivity contribution in [3.05, 3.63) is 40.4 Å². The van der Waals surface area contributed by atoms with Gasteiger partial charge in [-0.05, 0) is 37.2 Å². The molecule has 3 rings (SSSR count). The van der Waals surface area contributed by atoms with Gasteiger partial charge in [0.25, 0.3) is 0 Å². The Morgan fingerprint density at radius 1 is 1.32 bits per heavy atom. The fraction of sp³-hybridized carbons (Fsp3) is 0.500. The lowest BCUT2D eigenvalue weighted by molar-refractivity contribution is 0.0268. The molecule has 152 valence electrons. The third kappa shape index (κ3) is 5.48. The van der Waals surface area contributed by atoms with Crippen LogP contribution in [0.25, 0.3) is 0 Å². The molecule has 2 heterocycles. The van der Waals surface area contributed by atoms with Crippen LogP contribution in [-0.2, 0) is 11.3 Å². The zero-order chi connectivity index (χ0) is 20.1. The van der Waals surface area contributed by atoms with E-state index in [0.29, 0.717) is 17.9 Å². The van der Waals surface area contributed by atoms with Crippen LogP contribution in [0.5, 0.6) is 0 Å². The number of amidine groups is 1. The normalized spacial score (nSPS) is 15.6. The first-order chi connectivity index (χ1) is 13.3. The van der Waals surface area contributed by atoms with Crippen LogP contribution in [0.1, 0.15) is 25.2 Å². The Morgan fingerprint density at radius 2 is 2.07 bits per heavy atom. The minimum absolute atomic E-state index is 0.00768. The van der Waals surface area contributed by atoms with Gasteiger partial charge in [0.2, 0.25) is 0 Å². The summed E-state index contributed by atoms with van der Waals surface area (Å²) in [4.78, 5) is 2.35. The maximum Gasteiger partial charge on any atom is 0.174 e. The van der Waals surface area contributed by atoms with E-state index in [1.165, 1.54) is 18.2 Å². The number of nitrogens with one attached hydrogen (secondary N) is 3. The molecule has 1 aromatic heterocycles. The van der Waals surface area contributed by atoms with Crippen LogP contribution in [0.4, 0.5) is 10.1 Å². The summed E-state index contributed by atoms with van der Waals surface area (Å²) in [6, 6.07) is 4.13. The smallest absolute Gasteiger partial charge is 0.174 e. The minimum atomic E-state index is -0.519. The van der Waals surface area contributed by atoms with Gasteiger partial charge in [-0.1, -0.05) is 16.8 Å². The first kappa shape index (κ1) is 20.7. The van der Waals surface area contributed by atoms with Gasteiger partial charge in [-0.15, -0.1) is 0 Å². The van der Waals surface area contributed by atoms with Gasteiger partial charge in [0.15, 0.2) is 11.5 Å². The third-order valence-corrected chi connectivity index (χ3v) is 4.73. The summed E-state index contributed by atoms with van der Waals surface area (Å²) >= 11 is 5.78. The molecule has 1 aromatic carbocycles. The molecule has 0 radical (unpaired) electrons. The Labute approximate surface area is 167 Å². The van der Waals surface area contributed by atoms with Crippen LogP contribution in [0, 0.1) is 11.2 Å². The predicted molar refractivity (Wildman–Crippen MR) is 104 cm³/mol. The summed E-state index contributed by atoms with van der Waals surface area (Å²) in [5.41, 5.74) is 1.11. The van der Waals surface area contributed by atoms with E-state index in [1.54, 1.807) is 0 Å². The summed E-state index contributed by atoms with van der Waals surface area (Å²) in [5.74, 6) is -0.527. The number of anilines is 1.